The third-order valence-corrected chi connectivity index (χ3v) is 8.11. The van der Waals surface area contributed by atoms with Crippen LogP contribution >= 0.6 is 69.6 Å². The molecule has 0 aliphatic carbocycles. The van der Waals surface area contributed by atoms with E-state index in [0.29, 0.717) is 54.7 Å². The highest BCUT2D eigenvalue weighted by Crippen LogP contribution is 2.34. The first-order chi connectivity index (χ1) is 19.1. The number of rotatable bonds is 14. The fourth-order valence-electron chi connectivity index (χ4n) is 3.92. The van der Waals surface area contributed by atoms with Gasteiger partial charge in [-0.2, -0.15) is 0 Å². The van der Waals surface area contributed by atoms with Gasteiger partial charge < -0.3 is 29.9 Å². The molecule has 0 unspecified atom stereocenters. The van der Waals surface area contributed by atoms with Crippen molar-refractivity contribution in [3.63, 3.8) is 0 Å². The molecule has 1 aliphatic heterocycles. The van der Waals surface area contributed by atoms with E-state index in [9.17, 15) is 9.59 Å². The van der Waals surface area contributed by atoms with Crippen molar-refractivity contribution in [1.29, 1.82) is 0 Å². The summed E-state index contributed by atoms with van der Waals surface area (Å²) in [6, 6.07) is 5.93. The average molecular weight is 675 g/mol. The summed E-state index contributed by atoms with van der Waals surface area (Å²) in [7, 11) is 0. The number of hydrogen-bond acceptors (Lipinski definition) is 6. The van der Waals surface area contributed by atoms with Gasteiger partial charge in [0.25, 0.3) is 11.8 Å². The van der Waals surface area contributed by atoms with E-state index in [0.717, 1.165) is 52.1 Å². The number of amides is 2. The molecule has 0 bridgehead atoms. The van der Waals surface area contributed by atoms with E-state index in [2.05, 4.69) is 20.4 Å². The van der Waals surface area contributed by atoms with Gasteiger partial charge in [0, 0.05) is 51.4 Å². The van der Waals surface area contributed by atoms with Crippen molar-refractivity contribution in [2.75, 3.05) is 65.6 Å². The first kappa shape index (κ1) is 33.1. The summed E-state index contributed by atoms with van der Waals surface area (Å²) in [5, 5.41) is 7.55. The highest BCUT2D eigenvalue weighted by molar-refractivity contribution is 6.44. The van der Waals surface area contributed by atoms with Crippen molar-refractivity contribution in [3.8, 4) is 11.5 Å². The van der Waals surface area contributed by atoms with Crippen molar-refractivity contribution in [2.45, 2.75) is 12.8 Å². The molecule has 40 heavy (non-hydrogen) atoms. The van der Waals surface area contributed by atoms with Gasteiger partial charge in [0.05, 0.1) is 30.1 Å². The van der Waals surface area contributed by atoms with Crippen LogP contribution in [0.4, 0.5) is 0 Å². The molecule has 1 fully saturated rings. The Balaban J connectivity index is 1.19. The molecular formula is C26H30Cl6N4O4. The Labute approximate surface area is 264 Å². The second-order valence-electron chi connectivity index (χ2n) is 9.06. The first-order valence-corrected chi connectivity index (χ1v) is 14.9. The normalized spacial score (nSPS) is 14.2. The lowest BCUT2D eigenvalue weighted by molar-refractivity contribution is -0.123. The van der Waals surface area contributed by atoms with Gasteiger partial charge in [-0.1, -0.05) is 69.6 Å². The van der Waals surface area contributed by atoms with Crippen LogP contribution in [0.3, 0.4) is 0 Å². The number of hydrogen-bond donors (Lipinski definition) is 2. The minimum atomic E-state index is -0.233. The van der Waals surface area contributed by atoms with Crippen LogP contribution < -0.4 is 20.1 Å². The summed E-state index contributed by atoms with van der Waals surface area (Å²) in [6.45, 7) is 6.41. The molecular weight excluding hydrogens is 645 g/mol. The topological polar surface area (TPSA) is 83.1 Å². The number of benzene rings is 2. The van der Waals surface area contributed by atoms with Crippen molar-refractivity contribution in [3.05, 3.63) is 54.4 Å². The van der Waals surface area contributed by atoms with Crippen molar-refractivity contribution in [2.24, 2.45) is 0 Å². The van der Waals surface area contributed by atoms with Gasteiger partial charge in [0.15, 0.2) is 13.2 Å². The zero-order valence-corrected chi connectivity index (χ0v) is 26.1. The number of piperazine rings is 1. The largest absolute Gasteiger partial charge is 0.482 e. The maximum absolute atomic E-state index is 12.1. The second-order valence-corrected chi connectivity index (χ2v) is 11.5. The lowest BCUT2D eigenvalue weighted by atomic mass is 10.2. The zero-order chi connectivity index (χ0) is 29.1. The summed E-state index contributed by atoms with van der Waals surface area (Å²) in [5.41, 5.74) is 0. The highest BCUT2D eigenvalue weighted by Gasteiger charge is 2.16. The molecule has 2 aromatic carbocycles. The van der Waals surface area contributed by atoms with Crippen LogP contribution in [-0.2, 0) is 9.59 Å². The lowest BCUT2D eigenvalue weighted by Crippen LogP contribution is -2.47. The monoisotopic (exact) mass is 672 g/mol. The summed E-state index contributed by atoms with van der Waals surface area (Å²) in [4.78, 5) is 28.9. The fourth-order valence-corrected chi connectivity index (χ4v) is 5.10. The van der Waals surface area contributed by atoms with E-state index < -0.39 is 0 Å². The fraction of sp³-hybridized carbons (Fsp3) is 0.462. The van der Waals surface area contributed by atoms with Crippen molar-refractivity contribution >= 4 is 81.4 Å². The Morgan fingerprint density at radius 1 is 0.600 bits per heavy atom. The Kier molecular flexibility index (Phi) is 14.0. The van der Waals surface area contributed by atoms with E-state index in [1.54, 1.807) is 0 Å². The predicted octanol–water partition coefficient (Wildman–Crippen LogP) is 5.70. The molecule has 0 aromatic heterocycles. The van der Waals surface area contributed by atoms with Crippen LogP contribution in [-0.4, -0.2) is 87.2 Å². The molecule has 8 nitrogen and oxygen atoms in total. The SMILES string of the molecule is O=C(COc1cc(Cl)c(Cl)cc1Cl)NCCCN1CCN(CCCNC(=O)COc2cc(Cl)c(Cl)cc2Cl)CC1. The zero-order valence-electron chi connectivity index (χ0n) is 21.6. The van der Waals surface area contributed by atoms with Gasteiger partial charge in [-0.15, -0.1) is 0 Å². The Morgan fingerprint density at radius 2 is 0.950 bits per heavy atom. The quantitative estimate of drug-likeness (QED) is 0.198. The third-order valence-electron chi connectivity index (χ3n) is 6.08. The summed E-state index contributed by atoms with van der Waals surface area (Å²) in [6.07, 6.45) is 1.67. The van der Waals surface area contributed by atoms with Crippen LogP contribution in [0.2, 0.25) is 30.1 Å². The number of ether oxygens (including phenoxy) is 2. The lowest BCUT2D eigenvalue weighted by Gasteiger charge is -2.34. The van der Waals surface area contributed by atoms with Gasteiger partial charge in [-0.25, -0.2) is 0 Å². The molecule has 1 aliphatic rings. The van der Waals surface area contributed by atoms with E-state index in [1.165, 1.54) is 24.3 Å². The molecule has 2 aromatic rings. The Bertz CT molecular complexity index is 1070. The van der Waals surface area contributed by atoms with Crippen molar-refractivity contribution < 1.29 is 19.1 Å². The molecule has 14 heteroatoms. The van der Waals surface area contributed by atoms with Crippen LogP contribution in [0.15, 0.2) is 24.3 Å². The Morgan fingerprint density at radius 3 is 1.32 bits per heavy atom. The van der Waals surface area contributed by atoms with Gasteiger partial charge in [-0.3, -0.25) is 9.59 Å². The second kappa shape index (κ2) is 16.9. The predicted molar refractivity (Wildman–Crippen MR) is 162 cm³/mol. The maximum Gasteiger partial charge on any atom is 0.257 e. The van der Waals surface area contributed by atoms with E-state index in [1.807, 2.05) is 0 Å². The van der Waals surface area contributed by atoms with Gasteiger partial charge >= 0.3 is 0 Å². The average Bonchev–Trinajstić information content (AvgIpc) is 2.92. The molecule has 0 spiro atoms. The smallest absolute Gasteiger partial charge is 0.257 e. The maximum atomic E-state index is 12.1. The molecule has 2 N–H and O–H groups in total. The Hall–Kier alpha value is -1.36. The van der Waals surface area contributed by atoms with Crippen LogP contribution in [0.5, 0.6) is 11.5 Å². The molecule has 1 heterocycles. The molecule has 220 valence electrons. The molecule has 1 saturated heterocycles. The standard InChI is InChI=1S/C26H30Cl6N4O4/c27-17-11-21(31)23(13-19(17)29)39-15-25(37)33-3-1-5-35-7-9-36(10-8-35)6-2-4-34-26(38)16-40-24-14-20(30)18(28)12-22(24)32/h11-14H,1-10,15-16H2,(H,33,37)(H,34,38). The molecule has 0 saturated carbocycles. The van der Waals surface area contributed by atoms with Crippen LogP contribution in [0.25, 0.3) is 0 Å². The minimum absolute atomic E-state index is 0.157. The summed E-state index contributed by atoms with van der Waals surface area (Å²) in [5.74, 6) is 0.157. The van der Waals surface area contributed by atoms with E-state index in [4.69, 9.17) is 79.1 Å². The van der Waals surface area contributed by atoms with Gasteiger partial charge in [0.2, 0.25) is 0 Å². The summed E-state index contributed by atoms with van der Waals surface area (Å²) < 4.78 is 10.9. The molecule has 3 rings (SSSR count). The number of carbonyl (C=O) groups is 2. The third kappa shape index (κ3) is 11.1. The van der Waals surface area contributed by atoms with Crippen molar-refractivity contribution in [1.82, 2.24) is 20.4 Å². The van der Waals surface area contributed by atoms with E-state index >= 15 is 0 Å². The summed E-state index contributed by atoms with van der Waals surface area (Å²) >= 11 is 35.8. The van der Waals surface area contributed by atoms with E-state index in [-0.39, 0.29) is 25.0 Å². The first-order valence-electron chi connectivity index (χ1n) is 12.6. The molecule has 0 radical (unpaired) electrons. The number of halogens is 6. The molecule has 0 atom stereocenters. The minimum Gasteiger partial charge on any atom is -0.482 e. The van der Waals surface area contributed by atoms with Gasteiger partial charge in [-0.05, 0) is 38.1 Å². The molecule has 2 amide bonds. The van der Waals surface area contributed by atoms with Crippen LogP contribution in [0, 0.1) is 0 Å². The number of nitrogens with one attached hydrogen (secondary N) is 2. The van der Waals surface area contributed by atoms with Crippen LogP contribution in [0.1, 0.15) is 12.8 Å². The highest BCUT2D eigenvalue weighted by atomic mass is 35.5. The van der Waals surface area contributed by atoms with Gasteiger partial charge in [0.1, 0.15) is 11.5 Å². The number of nitrogens with zero attached hydrogens (tertiary/aromatic N) is 2. The number of carbonyl (C=O) groups excluding carboxylic acids is 2.